The Bertz CT molecular complexity index is 964. The van der Waals surface area contributed by atoms with E-state index >= 15 is 0 Å². The fraction of sp³-hybridized carbons (Fsp3) is 0.500. The molecule has 0 radical (unpaired) electrons. The first kappa shape index (κ1) is 29.6. The summed E-state index contributed by atoms with van der Waals surface area (Å²) in [7, 11) is -0.765. The SMILES string of the molecule is CC(C)c1cccc(C(C)C)c1P(c1c(C(C)C)cccc1C(C)C)c1c(C(C)C)cccc1C(C)C. The van der Waals surface area contributed by atoms with E-state index in [0.29, 0.717) is 35.5 Å². The molecule has 3 rings (SSSR count). The molecular formula is C36H51P. The van der Waals surface area contributed by atoms with Crippen LogP contribution in [0.3, 0.4) is 0 Å². The van der Waals surface area contributed by atoms with E-state index in [4.69, 9.17) is 0 Å². The summed E-state index contributed by atoms with van der Waals surface area (Å²) in [5.41, 5.74) is 9.16. The summed E-state index contributed by atoms with van der Waals surface area (Å²) in [5, 5.41) is 4.85. The van der Waals surface area contributed by atoms with Crippen LogP contribution in [0.25, 0.3) is 0 Å². The van der Waals surface area contributed by atoms with Crippen LogP contribution in [0.1, 0.15) is 152 Å². The topological polar surface area (TPSA) is 0 Å². The van der Waals surface area contributed by atoms with Crippen molar-refractivity contribution in [3.8, 4) is 0 Å². The molecule has 0 unspecified atom stereocenters. The summed E-state index contributed by atoms with van der Waals surface area (Å²) in [6.07, 6.45) is 0. The molecule has 1 heteroatoms. The monoisotopic (exact) mass is 514 g/mol. The third-order valence-electron chi connectivity index (χ3n) is 7.70. The normalized spacial score (nSPS) is 12.4. The largest absolute Gasteiger partial charge is 0.0617 e. The smallest absolute Gasteiger partial charge is 0.00814 e. The maximum atomic E-state index is 2.42. The lowest BCUT2D eigenvalue weighted by Gasteiger charge is -2.35. The molecular weight excluding hydrogens is 463 g/mol. The van der Waals surface area contributed by atoms with Crippen molar-refractivity contribution in [1.29, 1.82) is 0 Å². The standard InChI is InChI=1S/C36H51P/c1-22(2)28-16-13-17-29(23(3)4)34(28)37(35-30(24(5)6)18-14-19-31(35)25(7)8)36-32(26(9)10)20-15-21-33(36)27(11)12/h13-27H,1-12H3. The van der Waals surface area contributed by atoms with E-state index in [-0.39, 0.29) is 0 Å². The van der Waals surface area contributed by atoms with E-state index in [0.717, 1.165) is 0 Å². The summed E-state index contributed by atoms with van der Waals surface area (Å²) in [6, 6.07) is 21.4. The number of hydrogen-bond acceptors (Lipinski definition) is 0. The minimum Gasteiger partial charge on any atom is -0.0617 e. The van der Waals surface area contributed by atoms with Gasteiger partial charge >= 0.3 is 0 Å². The highest BCUT2D eigenvalue weighted by molar-refractivity contribution is 7.80. The van der Waals surface area contributed by atoms with Gasteiger partial charge in [0.15, 0.2) is 0 Å². The van der Waals surface area contributed by atoms with Gasteiger partial charge in [-0.3, -0.25) is 0 Å². The van der Waals surface area contributed by atoms with E-state index in [1.807, 2.05) is 0 Å². The maximum absolute atomic E-state index is 2.42. The molecule has 37 heavy (non-hydrogen) atoms. The first-order chi connectivity index (χ1) is 17.4. The zero-order chi connectivity index (χ0) is 27.6. The molecule has 0 fully saturated rings. The van der Waals surface area contributed by atoms with Crippen LogP contribution >= 0.6 is 7.92 Å². The number of rotatable bonds is 9. The maximum Gasteiger partial charge on any atom is -0.00814 e. The van der Waals surface area contributed by atoms with Crippen LogP contribution in [-0.4, -0.2) is 0 Å². The second-order valence-electron chi connectivity index (χ2n) is 12.6. The van der Waals surface area contributed by atoms with E-state index in [2.05, 4.69) is 138 Å². The van der Waals surface area contributed by atoms with Crippen LogP contribution in [-0.2, 0) is 0 Å². The Morgan fingerprint density at radius 1 is 0.324 bits per heavy atom. The Labute approximate surface area is 230 Å². The summed E-state index contributed by atoms with van der Waals surface area (Å²) >= 11 is 0. The molecule has 0 atom stereocenters. The highest BCUT2D eigenvalue weighted by atomic mass is 31.1. The molecule has 0 aliphatic heterocycles. The molecule has 0 aliphatic rings. The Hall–Kier alpha value is -1.91. The summed E-state index contributed by atoms with van der Waals surface area (Å²) < 4.78 is 0. The third kappa shape index (κ3) is 6.06. The Morgan fingerprint density at radius 3 is 0.622 bits per heavy atom. The first-order valence-corrected chi connectivity index (χ1v) is 15.9. The molecule has 0 nitrogen and oxygen atoms in total. The first-order valence-electron chi connectivity index (χ1n) is 14.6. The molecule has 0 saturated carbocycles. The molecule has 200 valence electrons. The van der Waals surface area contributed by atoms with Gasteiger partial charge in [0.2, 0.25) is 0 Å². The average Bonchev–Trinajstić information content (AvgIpc) is 2.83. The fourth-order valence-electron chi connectivity index (χ4n) is 5.65. The predicted molar refractivity (Wildman–Crippen MR) is 170 cm³/mol. The second-order valence-corrected chi connectivity index (χ2v) is 14.6. The van der Waals surface area contributed by atoms with Crippen molar-refractivity contribution in [2.75, 3.05) is 0 Å². The Morgan fingerprint density at radius 2 is 0.486 bits per heavy atom. The van der Waals surface area contributed by atoms with Gasteiger partial charge in [-0.25, -0.2) is 0 Å². The van der Waals surface area contributed by atoms with Gasteiger partial charge in [0.1, 0.15) is 0 Å². The predicted octanol–water partition coefficient (Wildman–Crippen LogP) is 10.2. The number of hydrogen-bond donors (Lipinski definition) is 0. The van der Waals surface area contributed by atoms with E-state index in [9.17, 15) is 0 Å². The highest BCUT2D eigenvalue weighted by Gasteiger charge is 2.33. The molecule has 0 heterocycles. The van der Waals surface area contributed by atoms with Gasteiger partial charge in [-0.2, -0.15) is 0 Å². The van der Waals surface area contributed by atoms with Crippen LogP contribution in [0.5, 0.6) is 0 Å². The summed E-state index contributed by atoms with van der Waals surface area (Å²) in [5.74, 6) is 2.84. The minimum absolute atomic E-state index is 0.473. The molecule has 0 amide bonds. The lowest BCUT2D eigenvalue weighted by molar-refractivity contribution is 0.840. The average molecular weight is 515 g/mol. The molecule has 3 aromatic carbocycles. The third-order valence-corrected chi connectivity index (χ3v) is 10.6. The van der Waals surface area contributed by atoms with Gasteiger partial charge < -0.3 is 0 Å². The van der Waals surface area contributed by atoms with Crippen molar-refractivity contribution < 1.29 is 0 Å². The molecule has 0 saturated heterocycles. The lowest BCUT2D eigenvalue weighted by atomic mass is 9.94. The quantitative estimate of drug-likeness (QED) is 0.249. The van der Waals surface area contributed by atoms with Gasteiger partial charge in [0, 0.05) is 0 Å². The van der Waals surface area contributed by atoms with Gasteiger partial charge in [-0.05, 0) is 92.7 Å². The minimum atomic E-state index is -0.765. The Balaban J connectivity index is 2.69. The van der Waals surface area contributed by atoms with E-state index in [1.165, 1.54) is 33.4 Å². The van der Waals surface area contributed by atoms with E-state index < -0.39 is 7.92 Å². The van der Waals surface area contributed by atoms with Crippen LogP contribution in [0.15, 0.2) is 54.6 Å². The van der Waals surface area contributed by atoms with Crippen LogP contribution in [0.2, 0.25) is 0 Å². The molecule has 0 aromatic heterocycles. The van der Waals surface area contributed by atoms with Crippen LogP contribution in [0.4, 0.5) is 0 Å². The van der Waals surface area contributed by atoms with Crippen molar-refractivity contribution in [3.63, 3.8) is 0 Å². The molecule has 0 aliphatic carbocycles. The summed E-state index contributed by atoms with van der Waals surface area (Å²) in [6.45, 7) is 28.6. The van der Waals surface area contributed by atoms with Gasteiger partial charge in [0.25, 0.3) is 0 Å². The van der Waals surface area contributed by atoms with Crippen molar-refractivity contribution in [2.24, 2.45) is 0 Å². The highest BCUT2D eigenvalue weighted by Crippen LogP contribution is 2.46. The van der Waals surface area contributed by atoms with Crippen molar-refractivity contribution >= 4 is 23.8 Å². The van der Waals surface area contributed by atoms with Gasteiger partial charge in [-0.15, -0.1) is 0 Å². The van der Waals surface area contributed by atoms with Gasteiger partial charge in [-0.1, -0.05) is 138 Å². The Kier molecular flexibility index (Phi) is 9.85. The lowest BCUT2D eigenvalue weighted by Crippen LogP contribution is -2.34. The molecule has 0 bridgehead atoms. The summed E-state index contributed by atoms with van der Waals surface area (Å²) in [4.78, 5) is 0. The van der Waals surface area contributed by atoms with Gasteiger partial charge in [0.05, 0.1) is 0 Å². The van der Waals surface area contributed by atoms with Crippen molar-refractivity contribution in [1.82, 2.24) is 0 Å². The van der Waals surface area contributed by atoms with Crippen LogP contribution < -0.4 is 15.9 Å². The second kappa shape index (κ2) is 12.3. The molecule has 0 N–H and O–H groups in total. The van der Waals surface area contributed by atoms with Crippen molar-refractivity contribution in [2.45, 2.75) is 119 Å². The zero-order valence-electron chi connectivity index (χ0n) is 25.6. The van der Waals surface area contributed by atoms with E-state index in [1.54, 1.807) is 15.9 Å². The zero-order valence-corrected chi connectivity index (χ0v) is 26.5. The fourth-order valence-corrected chi connectivity index (χ4v) is 9.86. The van der Waals surface area contributed by atoms with Crippen LogP contribution in [0, 0.1) is 0 Å². The number of benzene rings is 3. The van der Waals surface area contributed by atoms with Crippen molar-refractivity contribution in [3.05, 3.63) is 88.0 Å². The molecule has 3 aromatic rings. The molecule has 0 spiro atoms.